The maximum atomic E-state index is 14.6. The summed E-state index contributed by atoms with van der Waals surface area (Å²) in [6.07, 6.45) is 0. The molecule has 0 radical (unpaired) electrons. The second kappa shape index (κ2) is 8.13. The van der Waals surface area contributed by atoms with E-state index >= 15 is 0 Å². The molecule has 0 N–H and O–H groups in total. The molecule has 4 aromatic carbocycles. The van der Waals surface area contributed by atoms with Gasteiger partial charge in [-0.3, -0.25) is 0 Å². The summed E-state index contributed by atoms with van der Waals surface area (Å²) in [5.74, 6) is 0.0719. The van der Waals surface area contributed by atoms with Crippen LogP contribution in [0.2, 0.25) is 10.0 Å². The van der Waals surface area contributed by atoms with Crippen molar-refractivity contribution >= 4 is 34.0 Å². The van der Waals surface area contributed by atoms with E-state index in [4.69, 9.17) is 32.7 Å². The van der Waals surface area contributed by atoms with E-state index in [1.807, 2.05) is 0 Å². The van der Waals surface area contributed by atoms with Crippen LogP contribution in [0.1, 0.15) is 0 Å². The Morgan fingerprint density at radius 1 is 0.567 bits per heavy atom. The van der Waals surface area contributed by atoms with E-state index in [2.05, 4.69) is 0 Å². The molecule has 2 nitrogen and oxygen atoms in total. The van der Waals surface area contributed by atoms with Crippen molar-refractivity contribution in [1.82, 2.24) is 0 Å². The van der Waals surface area contributed by atoms with Gasteiger partial charge in [-0.15, -0.1) is 0 Å². The SMILES string of the molecule is COc1cc2cc(OC)c(-c3ccc(Cl)cc3F)cc2cc1-c1ccc(Cl)cc1F. The minimum atomic E-state index is -0.461. The molecule has 0 aliphatic rings. The lowest BCUT2D eigenvalue weighted by atomic mass is 9.95. The van der Waals surface area contributed by atoms with E-state index in [9.17, 15) is 8.78 Å². The molecular formula is C24H16Cl2F2O2. The number of hydrogen-bond donors (Lipinski definition) is 0. The summed E-state index contributed by atoms with van der Waals surface area (Å²) in [6.45, 7) is 0. The average Bonchev–Trinajstić information content (AvgIpc) is 2.72. The first kappa shape index (κ1) is 20.5. The molecule has 152 valence electrons. The molecule has 0 heterocycles. The van der Waals surface area contributed by atoms with Crippen LogP contribution < -0.4 is 9.47 Å². The minimum absolute atomic E-state index is 0.307. The third kappa shape index (κ3) is 3.69. The lowest BCUT2D eigenvalue weighted by molar-refractivity contribution is 0.415. The van der Waals surface area contributed by atoms with Gasteiger partial charge in [-0.1, -0.05) is 23.2 Å². The Kier molecular flexibility index (Phi) is 5.54. The maximum absolute atomic E-state index is 14.6. The molecule has 0 aliphatic heterocycles. The van der Waals surface area contributed by atoms with Gasteiger partial charge in [-0.25, -0.2) is 8.78 Å². The van der Waals surface area contributed by atoms with Crippen LogP contribution in [0.4, 0.5) is 8.78 Å². The largest absolute Gasteiger partial charge is 0.496 e. The molecule has 0 aromatic heterocycles. The molecule has 30 heavy (non-hydrogen) atoms. The van der Waals surface area contributed by atoms with Crippen LogP contribution in [0.15, 0.2) is 60.7 Å². The molecule has 0 bridgehead atoms. The van der Waals surface area contributed by atoms with Gasteiger partial charge in [-0.05, 0) is 71.4 Å². The van der Waals surface area contributed by atoms with Crippen molar-refractivity contribution in [2.24, 2.45) is 0 Å². The number of halogens is 4. The first-order valence-electron chi connectivity index (χ1n) is 9.02. The van der Waals surface area contributed by atoms with Gasteiger partial charge >= 0.3 is 0 Å². The van der Waals surface area contributed by atoms with Crippen LogP contribution in [0.25, 0.3) is 33.0 Å². The van der Waals surface area contributed by atoms with Gasteiger partial charge in [0.05, 0.1) is 14.2 Å². The highest BCUT2D eigenvalue weighted by Gasteiger charge is 2.17. The van der Waals surface area contributed by atoms with E-state index in [0.717, 1.165) is 10.8 Å². The van der Waals surface area contributed by atoms with Gasteiger partial charge in [0.2, 0.25) is 0 Å². The molecule has 4 aromatic rings. The number of fused-ring (bicyclic) bond motifs is 1. The van der Waals surface area contributed by atoms with Gasteiger partial charge in [0.15, 0.2) is 0 Å². The normalized spacial score (nSPS) is 11.0. The monoisotopic (exact) mass is 444 g/mol. The van der Waals surface area contributed by atoms with Gasteiger partial charge in [0.25, 0.3) is 0 Å². The Hall–Kier alpha value is -2.82. The highest BCUT2D eigenvalue weighted by atomic mass is 35.5. The van der Waals surface area contributed by atoms with E-state index in [-0.39, 0.29) is 0 Å². The van der Waals surface area contributed by atoms with Crippen molar-refractivity contribution in [3.8, 4) is 33.8 Å². The molecule has 0 saturated heterocycles. The zero-order valence-electron chi connectivity index (χ0n) is 16.1. The van der Waals surface area contributed by atoms with Crippen LogP contribution >= 0.6 is 23.2 Å². The van der Waals surface area contributed by atoms with Crippen molar-refractivity contribution in [3.05, 3.63) is 82.3 Å². The average molecular weight is 445 g/mol. The highest BCUT2D eigenvalue weighted by molar-refractivity contribution is 6.31. The summed E-state index contributed by atoms with van der Waals surface area (Å²) in [4.78, 5) is 0. The second-order valence-corrected chi connectivity index (χ2v) is 7.57. The van der Waals surface area contributed by atoms with Crippen LogP contribution in [-0.4, -0.2) is 14.2 Å². The summed E-state index contributed by atoms with van der Waals surface area (Å²) in [7, 11) is 3.04. The topological polar surface area (TPSA) is 18.5 Å². The molecule has 0 atom stereocenters. The Morgan fingerprint density at radius 2 is 0.967 bits per heavy atom. The molecule has 0 fully saturated rings. The van der Waals surface area contributed by atoms with Crippen LogP contribution in [0.5, 0.6) is 11.5 Å². The number of benzene rings is 4. The standard InChI is InChI=1S/C24H16Cl2F2O2/c1-29-23-9-14-10-24(30-2)20(18-6-4-16(26)12-22(18)28)8-13(14)7-19(23)17-5-3-15(25)11-21(17)27/h3-12H,1-2H3. The molecule has 0 unspecified atom stereocenters. The molecule has 0 amide bonds. The fourth-order valence-electron chi connectivity index (χ4n) is 3.48. The smallest absolute Gasteiger partial charge is 0.132 e. The predicted molar refractivity (Wildman–Crippen MR) is 118 cm³/mol. The molecule has 0 saturated carbocycles. The van der Waals surface area contributed by atoms with E-state index in [0.29, 0.717) is 43.8 Å². The van der Waals surface area contributed by atoms with Crippen LogP contribution in [0, 0.1) is 11.6 Å². The quantitative estimate of drug-likeness (QED) is 0.319. The third-order valence-corrected chi connectivity index (χ3v) is 5.39. The minimum Gasteiger partial charge on any atom is -0.496 e. The summed E-state index contributed by atoms with van der Waals surface area (Å²) >= 11 is 11.8. The van der Waals surface area contributed by atoms with Crippen molar-refractivity contribution in [3.63, 3.8) is 0 Å². The number of rotatable bonds is 4. The summed E-state index contributed by atoms with van der Waals surface area (Å²) in [5.41, 5.74) is 1.83. The van der Waals surface area contributed by atoms with Crippen LogP contribution in [-0.2, 0) is 0 Å². The Labute approximate surface area is 182 Å². The van der Waals surface area contributed by atoms with Crippen molar-refractivity contribution < 1.29 is 18.3 Å². The second-order valence-electron chi connectivity index (χ2n) is 6.70. The number of ether oxygens (including phenoxy) is 2. The number of hydrogen-bond acceptors (Lipinski definition) is 2. The zero-order chi connectivity index (χ0) is 21.4. The molecule has 4 rings (SSSR count). The fourth-order valence-corrected chi connectivity index (χ4v) is 3.80. The van der Waals surface area contributed by atoms with Gasteiger partial charge < -0.3 is 9.47 Å². The van der Waals surface area contributed by atoms with E-state index in [1.54, 1.807) is 48.5 Å². The first-order chi connectivity index (χ1) is 14.4. The zero-order valence-corrected chi connectivity index (χ0v) is 17.6. The maximum Gasteiger partial charge on any atom is 0.132 e. The number of methoxy groups -OCH3 is 2. The van der Waals surface area contributed by atoms with Crippen molar-refractivity contribution in [1.29, 1.82) is 0 Å². The molecule has 6 heteroatoms. The summed E-state index contributed by atoms with van der Waals surface area (Å²) < 4.78 is 40.2. The summed E-state index contributed by atoms with van der Waals surface area (Å²) in [5, 5.41) is 2.19. The highest BCUT2D eigenvalue weighted by Crippen LogP contribution is 2.41. The molecule has 0 aliphatic carbocycles. The Bertz CT molecular complexity index is 1180. The van der Waals surface area contributed by atoms with E-state index in [1.165, 1.54) is 26.4 Å². The molecular weight excluding hydrogens is 429 g/mol. The first-order valence-corrected chi connectivity index (χ1v) is 9.77. The fraction of sp³-hybridized carbons (Fsp3) is 0.0833. The van der Waals surface area contributed by atoms with E-state index < -0.39 is 11.6 Å². The van der Waals surface area contributed by atoms with Crippen molar-refractivity contribution in [2.75, 3.05) is 14.2 Å². The lowest BCUT2D eigenvalue weighted by Gasteiger charge is -2.15. The predicted octanol–water partition coefficient (Wildman–Crippen LogP) is 7.78. The summed E-state index contributed by atoms with van der Waals surface area (Å²) in [6, 6.07) is 16.1. The Morgan fingerprint density at radius 3 is 1.33 bits per heavy atom. The van der Waals surface area contributed by atoms with Crippen LogP contribution in [0.3, 0.4) is 0 Å². The van der Waals surface area contributed by atoms with Crippen molar-refractivity contribution in [2.45, 2.75) is 0 Å². The van der Waals surface area contributed by atoms with Gasteiger partial charge in [0, 0.05) is 32.3 Å². The lowest BCUT2D eigenvalue weighted by Crippen LogP contribution is -1.94. The van der Waals surface area contributed by atoms with Gasteiger partial charge in [-0.2, -0.15) is 0 Å². The van der Waals surface area contributed by atoms with Gasteiger partial charge in [0.1, 0.15) is 23.1 Å². The Balaban J connectivity index is 1.98. The third-order valence-electron chi connectivity index (χ3n) is 4.92. The molecule has 0 spiro atoms.